The Morgan fingerprint density at radius 3 is 2.74 bits per heavy atom. The van der Waals surface area contributed by atoms with Crippen LogP contribution in [0.15, 0.2) is 35.9 Å². The SMILES string of the molecule is CSc1nccc([C@@]2(O)C[C@@H](COc3cc(C(F)(F)F)c4c(c3)ncn4C(C)C)N[C@@H](C)C2)n1. The molecule has 4 rings (SSSR count). The van der Waals surface area contributed by atoms with Gasteiger partial charge in [0.1, 0.15) is 18.0 Å². The van der Waals surface area contributed by atoms with Gasteiger partial charge in [0.15, 0.2) is 5.16 Å². The third-order valence-electron chi connectivity index (χ3n) is 6.00. The zero-order chi connectivity index (χ0) is 24.7. The van der Waals surface area contributed by atoms with Crippen LogP contribution in [0.3, 0.4) is 0 Å². The number of aliphatic hydroxyl groups is 1. The monoisotopic (exact) mass is 495 g/mol. The largest absolute Gasteiger partial charge is 0.492 e. The van der Waals surface area contributed by atoms with Gasteiger partial charge in [-0.1, -0.05) is 11.8 Å². The van der Waals surface area contributed by atoms with Gasteiger partial charge in [0, 0.05) is 36.8 Å². The van der Waals surface area contributed by atoms with Gasteiger partial charge in [-0.2, -0.15) is 13.2 Å². The molecule has 0 bridgehead atoms. The summed E-state index contributed by atoms with van der Waals surface area (Å²) in [5.41, 5.74) is -1.17. The zero-order valence-corrected chi connectivity index (χ0v) is 20.2. The molecule has 34 heavy (non-hydrogen) atoms. The number of rotatable bonds is 6. The van der Waals surface area contributed by atoms with Crippen LogP contribution in [0.2, 0.25) is 0 Å². The summed E-state index contributed by atoms with van der Waals surface area (Å²) in [7, 11) is 0. The highest BCUT2D eigenvalue weighted by Gasteiger charge is 2.41. The Balaban J connectivity index is 1.57. The summed E-state index contributed by atoms with van der Waals surface area (Å²) < 4.78 is 48.9. The number of benzene rings is 1. The van der Waals surface area contributed by atoms with Crippen molar-refractivity contribution in [2.75, 3.05) is 12.9 Å². The summed E-state index contributed by atoms with van der Waals surface area (Å²) in [6.07, 6.45) is 1.10. The highest BCUT2D eigenvalue weighted by molar-refractivity contribution is 7.98. The number of piperidine rings is 1. The fourth-order valence-corrected chi connectivity index (χ4v) is 4.92. The molecule has 0 saturated carbocycles. The lowest BCUT2D eigenvalue weighted by molar-refractivity contribution is -0.136. The van der Waals surface area contributed by atoms with Gasteiger partial charge in [0.2, 0.25) is 0 Å². The van der Waals surface area contributed by atoms with Crippen molar-refractivity contribution < 1.29 is 23.0 Å². The fraction of sp³-hybridized carbons (Fsp3) is 0.522. The molecule has 1 saturated heterocycles. The lowest BCUT2D eigenvalue weighted by atomic mass is 9.81. The maximum atomic E-state index is 13.9. The van der Waals surface area contributed by atoms with E-state index in [1.807, 2.05) is 27.0 Å². The molecule has 1 aliphatic heterocycles. The summed E-state index contributed by atoms with van der Waals surface area (Å²) >= 11 is 1.39. The van der Waals surface area contributed by atoms with Crippen molar-refractivity contribution in [2.45, 2.75) is 68.7 Å². The Kier molecular flexibility index (Phi) is 6.80. The minimum Gasteiger partial charge on any atom is -0.492 e. The number of hydrogen-bond acceptors (Lipinski definition) is 7. The molecule has 3 atom stereocenters. The third-order valence-corrected chi connectivity index (χ3v) is 6.56. The van der Waals surface area contributed by atoms with Crippen LogP contribution >= 0.6 is 11.8 Å². The van der Waals surface area contributed by atoms with Crippen molar-refractivity contribution in [2.24, 2.45) is 0 Å². The summed E-state index contributed by atoms with van der Waals surface area (Å²) in [5.74, 6) is 0.0871. The second-order valence-electron chi connectivity index (χ2n) is 9.03. The molecule has 1 aliphatic rings. The lowest BCUT2D eigenvalue weighted by Crippen LogP contribution is -2.53. The number of nitrogens with one attached hydrogen (secondary N) is 1. The van der Waals surface area contributed by atoms with Crippen molar-refractivity contribution in [1.82, 2.24) is 24.8 Å². The van der Waals surface area contributed by atoms with E-state index >= 15 is 0 Å². The van der Waals surface area contributed by atoms with E-state index in [9.17, 15) is 18.3 Å². The Bertz CT molecular complexity index is 1170. The standard InChI is InChI=1S/C23H28F3N5O2S/c1-13(2)31-12-28-18-8-16(7-17(20(18)31)23(24,25)26)33-11-15-10-22(32,9-14(3)29-15)19-5-6-27-21(30-19)34-4/h5-8,12-15,29,32H,9-11H2,1-4H3/t14-,15-,22-/m0/s1. The lowest BCUT2D eigenvalue weighted by Gasteiger charge is -2.40. The molecule has 1 aromatic carbocycles. The third kappa shape index (κ3) is 5.01. The van der Waals surface area contributed by atoms with Crippen molar-refractivity contribution >= 4 is 22.8 Å². The normalized spacial score (nSPS) is 23.6. The molecule has 0 aliphatic carbocycles. The molecule has 3 aromatic rings. The van der Waals surface area contributed by atoms with Crippen LogP contribution in [0.25, 0.3) is 11.0 Å². The first-order chi connectivity index (χ1) is 16.0. The van der Waals surface area contributed by atoms with Crippen LogP contribution in [-0.2, 0) is 11.8 Å². The van der Waals surface area contributed by atoms with E-state index in [0.717, 1.165) is 6.07 Å². The number of aromatic nitrogens is 4. The Morgan fingerprint density at radius 2 is 2.06 bits per heavy atom. The van der Waals surface area contributed by atoms with Gasteiger partial charge in [-0.25, -0.2) is 15.0 Å². The van der Waals surface area contributed by atoms with Crippen molar-refractivity contribution in [3.63, 3.8) is 0 Å². The minimum absolute atomic E-state index is 0.0435. The summed E-state index contributed by atoms with van der Waals surface area (Å²) in [5, 5.41) is 15.3. The molecular weight excluding hydrogens is 467 g/mol. The number of alkyl halides is 3. The highest BCUT2D eigenvalue weighted by atomic mass is 32.2. The van der Waals surface area contributed by atoms with Gasteiger partial charge < -0.3 is 19.7 Å². The Morgan fingerprint density at radius 1 is 1.29 bits per heavy atom. The van der Waals surface area contributed by atoms with Crippen LogP contribution < -0.4 is 10.1 Å². The number of nitrogens with zero attached hydrogens (tertiary/aromatic N) is 4. The van der Waals surface area contributed by atoms with E-state index in [4.69, 9.17) is 4.74 Å². The van der Waals surface area contributed by atoms with Crippen LogP contribution in [0.4, 0.5) is 13.2 Å². The Hall–Kier alpha value is -2.37. The number of hydrogen-bond donors (Lipinski definition) is 2. The van der Waals surface area contributed by atoms with Gasteiger partial charge in [-0.15, -0.1) is 0 Å². The molecule has 7 nitrogen and oxygen atoms in total. The maximum absolute atomic E-state index is 13.9. The molecular formula is C23H28F3N5O2S. The number of fused-ring (bicyclic) bond motifs is 1. The molecule has 1 fully saturated rings. The average Bonchev–Trinajstić information content (AvgIpc) is 3.20. The Labute approximate surface area is 200 Å². The molecule has 2 aromatic heterocycles. The molecule has 0 radical (unpaired) electrons. The number of halogens is 3. The van der Waals surface area contributed by atoms with Gasteiger partial charge in [-0.05, 0) is 45.6 Å². The van der Waals surface area contributed by atoms with E-state index in [1.165, 1.54) is 28.7 Å². The van der Waals surface area contributed by atoms with E-state index in [1.54, 1.807) is 12.3 Å². The smallest absolute Gasteiger partial charge is 0.418 e. The molecule has 2 N–H and O–H groups in total. The fourth-order valence-electron chi connectivity index (χ4n) is 4.57. The quantitative estimate of drug-likeness (QED) is 0.383. The zero-order valence-electron chi connectivity index (χ0n) is 19.4. The summed E-state index contributed by atoms with van der Waals surface area (Å²) in [4.78, 5) is 12.8. The average molecular weight is 496 g/mol. The molecule has 184 valence electrons. The molecule has 0 amide bonds. The van der Waals surface area contributed by atoms with Gasteiger partial charge in [0.25, 0.3) is 0 Å². The molecule has 3 heterocycles. The molecule has 0 unspecified atom stereocenters. The number of imidazole rings is 1. The van der Waals surface area contributed by atoms with Gasteiger partial charge >= 0.3 is 6.18 Å². The first-order valence-electron chi connectivity index (χ1n) is 11.1. The second-order valence-corrected chi connectivity index (χ2v) is 9.80. The number of ether oxygens (including phenoxy) is 1. The molecule has 0 spiro atoms. The topological polar surface area (TPSA) is 85.1 Å². The van der Waals surface area contributed by atoms with Crippen LogP contribution in [0.5, 0.6) is 5.75 Å². The first kappa shape index (κ1) is 24.7. The van der Waals surface area contributed by atoms with E-state index in [0.29, 0.717) is 23.7 Å². The first-order valence-corrected chi connectivity index (χ1v) is 12.3. The predicted molar refractivity (Wildman–Crippen MR) is 124 cm³/mol. The van der Waals surface area contributed by atoms with Crippen molar-refractivity contribution in [3.05, 3.63) is 42.0 Å². The van der Waals surface area contributed by atoms with Crippen LogP contribution in [-0.4, -0.2) is 49.6 Å². The molecule has 11 heteroatoms. The van der Waals surface area contributed by atoms with Crippen molar-refractivity contribution in [3.8, 4) is 5.75 Å². The van der Waals surface area contributed by atoms with E-state index in [2.05, 4.69) is 20.3 Å². The van der Waals surface area contributed by atoms with E-state index in [-0.39, 0.29) is 41.5 Å². The van der Waals surface area contributed by atoms with Crippen LogP contribution in [0.1, 0.15) is 50.9 Å². The van der Waals surface area contributed by atoms with Gasteiger partial charge in [0.05, 0.1) is 28.6 Å². The van der Waals surface area contributed by atoms with Crippen LogP contribution in [0, 0.1) is 0 Å². The summed E-state index contributed by atoms with van der Waals surface area (Å²) in [6, 6.07) is 3.74. The van der Waals surface area contributed by atoms with Crippen molar-refractivity contribution in [1.29, 1.82) is 0 Å². The highest BCUT2D eigenvalue weighted by Crippen LogP contribution is 2.39. The summed E-state index contributed by atoms with van der Waals surface area (Å²) in [6.45, 7) is 5.64. The predicted octanol–water partition coefficient (Wildman–Crippen LogP) is 4.56. The maximum Gasteiger partial charge on any atom is 0.418 e. The number of thioether (sulfide) groups is 1. The van der Waals surface area contributed by atoms with Gasteiger partial charge in [-0.3, -0.25) is 0 Å². The van der Waals surface area contributed by atoms with E-state index < -0.39 is 17.3 Å². The second kappa shape index (κ2) is 9.35. The minimum atomic E-state index is -4.55.